The minimum absolute atomic E-state index is 0.180. The van der Waals surface area contributed by atoms with Gasteiger partial charge in [0.05, 0.1) is 0 Å². The fraction of sp³-hybridized carbons (Fsp3) is 0.250. The van der Waals surface area contributed by atoms with E-state index in [1.54, 1.807) is 13.0 Å². The molecule has 0 N–H and O–H groups in total. The summed E-state index contributed by atoms with van der Waals surface area (Å²) in [6.07, 6.45) is 0. The van der Waals surface area contributed by atoms with Crippen LogP contribution in [0, 0.1) is 25.7 Å². The average molecular weight is 123 g/mol. The normalized spacial score (nSPS) is 9.67. The number of hydrogen-bond donors (Lipinski definition) is 0. The van der Waals surface area contributed by atoms with Gasteiger partial charge in [-0.25, -0.2) is 4.39 Å². The third kappa shape index (κ3) is 1.28. The van der Waals surface area contributed by atoms with Gasteiger partial charge in [-0.05, 0) is 37.1 Å². The van der Waals surface area contributed by atoms with Crippen LogP contribution in [-0.4, -0.2) is 0 Å². The first-order chi connectivity index (χ1) is 4.20. The van der Waals surface area contributed by atoms with Crippen LogP contribution in [0.25, 0.3) is 0 Å². The van der Waals surface area contributed by atoms with Crippen LogP contribution in [0.15, 0.2) is 12.1 Å². The first-order valence-electron chi connectivity index (χ1n) is 2.85. The Labute approximate surface area is 54.3 Å². The molecule has 0 spiro atoms. The molecule has 1 aromatic carbocycles. The SMILES string of the molecule is Cc1[c]c(C)c(F)cc1. The standard InChI is InChI=1S/C8H8F/c1-6-3-4-8(9)7(2)5-6/h3-4H,1-2H3. The Morgan fingerprint density at radius 3 is 2.44 bits per heavy atom. The molecule has 0 bridgehead atoms. The Hall–Kier alpha value is -0.850. The highest BCUT2D eigenvalue weighted by atomic mass is 19.1. The zero-order valence-electron chi connectivity index (χ0n) is 5.53. The molecule has 47 valence electrons. The van der Waals surface area contributed by atoms with E-state index in [4.69, 9.17) is 0 Å². The molecule has 0 aliphatic rings. The molecule has 0 saturated carbocycles. The van der Waals surface area contributed by atoms with E-state index >= 15 is 0 Å². The van der Waals surface area contributed by atoms with Crippen LogP contribution in [0.5, 0.6) is 0 Å². The van der Waals surface area contributed by atoms with Crippen molar-refractivity contribution in [1.82, 2.24) is 0 Å². The molecule has 0 aliphatic carbocycles. The summed E-state index contributed by atoms with van der Waals surface area (Å²) in [5.74, 6) is -0.180. The van der Waals surface area contributed by atoms with Gasteiger partial charge >= 0.3 is 0 Å². The highest BCUT2D eigenvalue weighted by molar-refractivity contribution is 5.20. The number of halogens is 1. The third-order valence-corrected chi connectivity index (χ3v) is 1.22. The van der Waals surface area contributed by atoms with Crippen molar-refractivity contribution in [3.05, 3.63) is 35.1 Å². The Balaban J connectivity index is 3.17. The summed E-state index contributed by atoms with van der Waals surface area (Å²) in [6.45, 7) is 3.61. The van der Waals surface area contributed by atoms with Gasteiger partial charge in [-0.15, -0.1) is 0 Å². The Morgan fingerprint density at radius 1 is 1.33 bits per heavy atom. The van der Waals surface area contributed by atoms with Crippen LogP contribution in [0.3, 0.4) is 0 Å². The van der Waals surface area contributed by atoms with Gasteiger partial charge in [0.1, 0.15) is 5.82 Å². The lowest BCUT2D eigenvalue weighted by Gasteiger charge is -1.94. The van der Waals surface area contributed by atoms with Crippen molar-refractivity contribution in [3.8, 4) is 0 Å². The van der Waals surface area contributed by atoms with E-state index in [9.17, 15) is 4.39 Å². The molecule has 0 nitrogen and oxygen atoms in total. The van der Waals surface area contributed by atoms with Crippen molar-refractivity contribution >= 4 is 0 Å². The van der Waals surface area contributed by atoms with Gasteiger partial charge in [-0.2, -0.15) is 0 Å². The lowest BCUT2D eigenvalue weighted by atomic mass is 10.1. The van der Waals surface area contributed by atoms with Crippen LogP contribution >= 0.6 is 0 Å². The van der Waals surface area contributed by atoms with Gasteiger partial charge < -0.3 is 0 Å². The van der Waals surface area contributed by atoms with Crippen molar-refractivity contribution < 1.29 is 4.39 Å². The molecule has 0 unspecified atom stereocenters. The molecule has 0 heterocycles. The maximum atomic E-state index is 12.5. The molecule has 0 fully saturated rings. The largest absolute Gasteiger partial charge is 0.207 e. The highest BCUT2D eigenvalue weighted by Crippen LogP contribution is 2.06. The lowest BCUT2D eigenvalue weighted by molar-refractivity contribution is 0.617. The summed E-state index contributed by atoms with van der Waals surface area (Å²) in [6, 6.07) is 6.03. The minimum atomic E-state index is -0.180. The summed E-state index contributed by atoms with van der Waals surface area (Å²) < 4.78 is 12.5. The zero-order valence-corrected chi connectivity index (χ0v) is 5.53. The van der Waals surface area contributed by atoms with Gasteiger partial charge in [-0.3, -0.25) is 0 Å². The predicted octanol–water partition coefficient (Wildman–Crippen LogP) is 2.24. The van der Waals surface area contributed by atoms with Gasteiger partial charge in [-0.1, -0.05) is 6.07 Å². The van der Waals surface area contributed by atoms with E-state index < -0.39 is 0 Å². The molecule has 0 atom stereocenters. The molecule has 1 heteroatoms. The molecule has 0 aliphatic heterocycles. The Morgan fingerprint density at radius 2 is 2.00 bits per heavy atom. The van der Waals surface area contributed by atoms with Crippen LogP contribution < -0.4 is 0 Å². The molecule has 0 saturated heterocycles. The zero-order chi connectivity index (χ0) is 6.85. The molecule has 1 radical (unpaired) electrons. The first-order valence-corrected chi connectivity index (χ1v) is 2.85. The van der Waals surface area contributed by atoms with Crippen LogP contribution in [0.1, 0.15) is 11.1 Å². The molecular formula is C8H8F. The number of aryl methyl sites for hydroxylation is 2. The Bertz CT molecular complexity index is 216. The van der Waals surface area contributed by atoms with Crippen LogP contribution in [-0.2, 0) is 0 Å². The topological polar surface area (TPSA) is 0 Å². The summed E-state index contributed by atoms with van der Waals surface area (Å²) in [5.41, 5.74) is 1.57. The summed E-state index contributed by atoms with van der Waals surface area (Å²) in [7, 11) is 0. The van der Waals surface area contributed by atoms with Crippen LogP contribution in [0.4, 0.5) is 4.39 Å². The van der Waals surface area contributed by atoms with Crippen molar-refractivity contribution in [1.29, 1.82) is 0 Å². The molecule has 1 rings (SSSR count). The summed E-state index contributed by atoms with van der Waals surface area (Å²) in [4.78, 5) is 0. The summed E-state index contributed by atoms with van der Waals surface area (Å²) >= 11 is 0. The predicted molar refractivity (Wildman–Crippen MR) is 34.7 cm³/mol. The smallest absolute Gasteiger partial charge is 0.126 e. The Kier molecular flexibility index (Phi) is 1.52. The molecule has 0 amide bonds. The van der Waals surface area contributed by atoms with E-state index in [-0.39, 0.29) is 5.82 Å². The summed E-state index contributed by atoms with van der Waals surface area (Å²) in [5, 5.41) is 0. The van der Waals surface area contributed by atoms with Crippen molar-refractivity contribution in [2.24, 2.45) is 0 Å². The van der Waals surface area contributed by atoms with Crippen molar-refractivity contribution in [2.75, 3.05) is 0 Å². The van der Waals surface area contributed by atoms with Gasteiger partial charge in [0.15, 0.2) is 0 Å². The van der Waals surface area contributed by atoms with Gasteiger partial charge in [0, 0.05) is 0 Å². The lowest BCUT2D eigenvalue weighted by Crippen LogP contribution is -1.82. The average Bonchev–Trinajstić information content (AvgIpc) is 1.80. The molecule has 1 aromatic rings. The molecular weight excluding hydrogens is 115 g/mol. The second-order valence-corrected chi connectivity index (χ2v) is 2.11. The minimum Gasteiger partial charge on any atom is -0.207 e. The van der Waals surface area contributed by atoms with Gasteiger partial charge in [0.25, 0.3) is 0 Å². The monoisotopic (exact) mass is 123 g/mol. The van der Waals surface area contributed by atoms with E-state index in [2.05, 4.69) is 6.07 Å². The van der Waals surface area contributed by atoms with E-state index in [1.807, 2.05) is 6.92 Å². The molecule has 0 aromatic heterocycles. The van der Waals surface area contributed by atoms with Crippen LogP contribution in [0.2, 0.25) is 0 Å². The fourth-order valence-electron chi connectivity index (χ4n) is 0.720. The van der Waals surface area contributed by atoms with E-state index in [1.165, 1.54) is 6.07 Å². The number of rotatable bonds is 0. The second-order valence-electron chi connectivity index (χ2n) is 2.11. The van der Waals surface area contributed by atoms with Crippen molar-refractivity contribution in [3.63, 3.8) is 0 Å². The maximum absolute atomic E-state index is 12.5. The highest BCUT2D eigenvalue weighted by Gasteiger charge is 1.93. The number of benzene rings is 1. The molecule has 9 heavy (non-hydrogen) atoms. The van der Waals surface area contributed by atoms with E-state index in [0.29, 0.717) is 5.56 Å². The second kappa shape index (κ2) is 2.18. The fourth-order valence-corrected chi connectivity index (χ4v) is 0.720. The van der Waals surface area contributed by atoms with Crippen molar-refractivity contribution in [2.45, 2.75) is 13.8 Å². The maximum Gasteiger partial charge on any atom is 0.126 e. The van der Waals surface area contributed by atoms with E-state index in [0.717, 1.165) is 5.56 Å². The first kappa shape index (κ1) is 6.27. The number of hydrogen-bond acceptors (Lipinski definition) is 0. The third-order valence-electron chi connectivity index (χ3n) is 1.22. The quantitative estimate of drug-likeness (QED) is 0.496. The van der Waals surface area contributed by atoms with Gasteiger partial charge in [0.2, 0.25) is 0 Å².